The molecular weight excluding hydrogens is 236 g/mol. The molecule has 17 heavy (non-hydrogen) atoms. The zero-order chi connectivity index (χ0) is 12.3. The lowest BCUT2D eigenvalue weighted by Gasteiger charge is -2.35. The van der Waals surface area contributed by atoms with Crippen LogP contribution in [0.3, 0.4) is 0 Å². The Morgan fingerprint density at radius 1 is 1.65 bits per heavy atom. The van der Waals surface area contributed by atoms with Crippen LogP contribution in [0.15, 0.2) is 18.3 Å². The number of aromatic nitrogens is 1. The third kappa shape index (κ3) is 2.73. The van der Waals surface area contributed by atoms with E-state index in [1.807, 2.05) is 30.9 Å². The molecule has 1 aliphatic rings. The molecule has 1 saturated heterocycles. The number of aliphatic hydroxyl groups excluding tert-OH is 1. The van der Waals surface area contributed by atoms with Crippen LogP contribution in [-0.4, -0.2) is 53.2 Å². The number of aliphatic hydroxyl groups is 1. The van der Waals surface area contributed by atoms with Crippen molar-refractivity contribution in [1.82, 2.24) is 9.88 Å². The summed E-state index contributed by atoms with van der Waals surface area (Å²) >= 11 is 1.87. The molecule has 0 spiro atoms. The molecule has 0 aliphatic carbocycles. The summed E-state index contributed by atoms with van der Waals surface area (Å²) in [5.41, 5.74) is 0.634. The van der Waals surface area contributed by atoms with E-state index in [0.29, 0.717) is 11.4 Å². The van der Waals surface area contributed by atoms with Crippen LogP contribution in [0.25, 0.3) is 0 Å². The fraction of sp³-hybridized carbons (Fsp3) is 0.583. The Hall–Kier alpha value is -0.780. The fourth-order valence-electron chi connectivity index (χ4n) is 2.02. The van der Waals surface area contributed by atoms with Crippen molar-refractivity contribution < 1.29 is 9.84 Å². The van der Waals surface area contributed by atoms with Gasteiger partial charge in [0.1, 0.15) is 17.5 Å². The molecule has 0 radical (unpaired) electrons. The van der Waals surface area contributed by atoms with E-state index in [1.54, 1.807) is 13.3 Å². The van der Waals surface area contributed by atoms with Gasteiger partial charge in [0.25, 0.3) is 0 Å². The zero-order valence-corrected chi connectivity index (χ0v) is 11.0. The van der Waals surface area contributed by atoms with E-state index >= 15 is 0 Å². The maximum absolute atomic E-state index is 10.4. The minimum Gasteiger partial charge on any atom is -0.495 e. The first-order valence-electron chi connectivity index (χ1n) is 5.69. The number of thioether (sulfide) groups is 1. The number of hydrogen-bond acceptors (Lipinski definition) is 5. The van der Waals surface area contributed by atoms with Crippen molar-refractivity contribution in [1.29, 1.82) is 0 Å². The summed E-state index contributed by atoms with van der Waals surface area (Å²) in [5.74, 6) is 2.71. The fourth-order valence-corrected chi connectivity index (χ4v) is 3.28. The Balaban J connectivity index is 2.20. The molecule has 1 aromatic heterocycles. The minimum atomic E-state index is -0.594. The lowest BCUT2D eigenvalue weighted by molar-refractivity contribution is 0.0705. The molecule has 1 fully saturated rings. The number of nitrogens with zero attached hydrogens (tertiary/aromatic N) is 2. The smallest absolute Gasteiger partial charge is 0.143 e. The van der Waals surface area contributed by atoms with Gasteiger partial charge in [0.05, 0.1) is 13.2 Å². The molecule has 5 heteroatoms. The molecule has 4 nitrogen and oxygen atoms in total. The number of hydrogen-bond donors (Lipinski definition) is 1. The lowest BCUT2D eigenvalue weighted by Crippen LogP contribution is -2.43. The SMILES string of the molecule is COc1cccnc1C(O)C1CSCCN1C. The Kier molecular flexibility index (Phi) is 4.25. The van der Waals surface area contributed by atoms with Crippen molar-refractivity contribution >= 4 is 11.8 Å². The predicted molar refractivity (Wildman–Crippen MR) is 69.5 cm³/mol. The van der Waals surface area contributed by atoms with E-state index in [2.05, 4.69) is 9.88 Å². The van der Waals surface area contributed by atoms with E-state index < -0.39 is 6.10 Å². The molecule has 0 bridgehead atoms. The highest BCUT2D eigenvalue weighted by Crippen LogP contribution is 2.30. The Bertz CT molecular complexity index is 375. The molecule has 94 valence electrons. The van der Waals surface area contributed by atoms with Crippen molar-refractivity contribution in [2.45, 2.75) is 12.1 Å². The van der Waals surface area contributed by atoms with Gasteiger partial charge >= 0.3 is 0 Å². The summed E-state index contributed by atoms with van der Waals surface area (Å²) < 4.78 is 5.24. The highest BCUT2D eigenvalue weighted by atomic mass is 32.2. The number of rotatable bonds is 3. The number of methoxy groups -OCH3 is 1. The van der Waals surface area contributed by atoms with Crippen molar-refractivity contribution in [2.75, 3.05) is 32.2 Å². The molecule has 1 aromatic rings. The molecule has 1 N–H and O–H groups in total. The maximum Gasteiger partial charge on any atom is 0.143 e. The second kappa shape index (κ2) is 5.71. The zero-order valence-electron chi connectivity index (χ0n) is 10.2. The molecule has 0 saturated carbocycles. The lowest BCUT2D eigenvalue weighted by atomic mass is 10.1. The van der Waals surface area contributed by atoms with E-state index in [1.165, 1.54) is 0 Å². The number of likely N-dealkylation sites (N-methyl/N-ethyl adjacent to an activating group) is 1. The number of pyridine rings is 1. The summed E-state index contributed by atoms with van der Waals surface area (Å²) in [6.07, 6.45) is 1.10. The Morgan fingerprint density at radius 2 is 2.47 bits per heavy atom. The van der Waals surface area contributed by atoms with Gasteiger partial charge < -0.3 is 9.84 Å². The molecule has 2 unspecified atom stereocenters. The van der Waals surface area contributed by atoms with Gasteiger partial charge in [0, 0.05) is 24.2 Å². The molecule has 0 aromatic carbocycles. The first-order valence-corrected chi connectivity index (χ1v) is 6.84. The molecule has 2 heterocycles. The van der Waals surface area contributed by atoms with Crippen LogP contribution in [0.5, 0.6) is 5.75 Å². The second-order valence-electron chi connectivity index (χ2n) is 4.16. The average Bonchev–Trinajstić information content (AvgIpc) is 2.38. The number of ether oxygens (including phenoxy) is 1. The largest absolute Gasteiger partial charge is 0.495 e. The Labute approximate surface area is 106 Å². The monoisotopic (exact) mass is 254 g/mol. The summed E-state index contributed by atoms with van der Waals surface area (Å²) in [7, 11) is 3.65. The van der Waals surface area contributed by atoms with Gasteiger partial charge in [0.2, 0.25) is 0 Å². The molecule has 1 aliphatic heterocycles. The van der Waals surface area contributed by atoms with Gasteiger partial charge in [-0.15, -0.1) is 0 Å². The third-order valence-electron chi connectivity index (χ3n) is 3.11. The van der Waals surface area contributed by atoms with E-state index in [9.17, 15) is 5.11 Å². The van der Waals surface area contributed by atoms with E-state index in [-0.39, 0.29) is 6.04 Å². The molecule has 2 rings (SSSR count). The molecule has 0 amide bonds. The first kappa shape index (κ1) is 12.7. The van der Waals surface area contributed by atoms with Crippen molar-refractivity contribution in [3.05, 3.63) is 24.0 Å². The van der Waals surface area contributed by atoms with Crippen LogP contribution >= 0.6 is 11.8 Å². The van der Waals surface area contributed by atoms with Gasteiger partial charge in [-0.3, -0.25) is 9.88 Å². The standard InChI is InChI=1S/C12H18N2O2S/c1-14-6-7-17-8-9(14)12(15)11-10(16-2)4-3-5-13-11/h3-5,9,12,15H,6-8H2,1-2H3. The highest BCUT2D eigenvalue weighted by Gasteiger charge is 2.30. The van der Waals surface area contributed by atoms with Crippen molar-refractivity contribution in [2.24, 2.45) is 0 Å². The van der Waals surface area contributed by atoms with Crippen LogP contribution < -0.4 is 4.74 Å². The van der Waals surface area contributed by atoms with Crippen molar-refractivity contribution in [3.63, 3.8) is 0 Å². The predicted octanol–water partition coefficient (Wildman–Crippen LogP) is 1.17. The molecular formula is C12H18N2O2S. The summed E-state index contributed by atoms with van der Waals surface area (Å²) in [6, 6.07) is 3.76. The van der Waals surface area contributed by atoms with Gasteiger partial charge in [-0.25, -0.2) is 0 Å². The van der Waals surface area contributed by atoms with Crippen LogP contribution in [-0.2, 0) is 0 Å². The van der Waals surface area contributed by atoms with Gasteiger partial charge in [-0.05, 0) is 19.2 Å². The van der Waals surface area contributed by atoms with Crippen molar-refractivity contribution in [3.8, 4) is 5.75 Å². The summed E-state index contributed by atoms with van der Waals surface area (Å²) in [5, 5.41) is 10.4. The normalized spacial score (nSPS) is 23.4. The summed E-state index contributed by atoms with van der Waals surface area (Å²) in [4.78, 5) is 6.44. The average molecular weight is 254 g/mol. The van der Waals surface area contributed by atoms with Gasteiger partial charge in [0.15, 0.2) is 0 Å². The second-order valence-corrected chi connectivity index (χ2v) is 5.31. The topological polar surface area (TPSA) is 45.6 Å². The third-order valence-corrected chi connectivity index (χ3v) is 4.16. The van der Waals surface area contributed by atoms with Gasteiger partial charge in [-0.2, -0.15) is 11.8 Å². The highest BCUT2D eigenvalue weighted by molar-refractivity contribution is 7.99. The van der Waals surface area contributed by atoms with E-state index in [4.69, 9.17) is 4.74 Å². The minimum absolute atomic E-state index is 0.109. The maximum atomic E-state index is 10.4. The first-order chi connectivity index (χ1) is 8.24. The quantitative estimate of drug-likeness (QED) is 0.877. The van der Waals surface area contributed by atoms with Crippen LogP contribution in [0, 0.1) is 0 Å². The van der Waals surface area contributed by atoms with Gasteiger partial charge in [-0.1, -0.05) is 0 Å². The summed E-state index contributed by atoms with van der Waals surface area (Å²) in [6.45, 7) is 1.00. The molecule has 2 atom stereocenters. The van der Waals surface area contributed by atoms with E-state index in [0.717, 1.165) is 18.1 Å². The van der Waals surface area contributed by atoms with Crippen LogP contribution in [0.1, 0.15) is 11.8 Å². The Morgan fingerprint density at radius 3 is 3.18 bits per heavy atom. The van der Waals surface area contributed by atoms with Crippen LogP contribution in [0.2, 0.25) is 0 Å². The van der Waals surface area contributed by atoms with Crippen LogP contribution in [0.4, 0.5) is 0 Å².